The molecule has 2 rings (SSSR count). The molecule has 2 atom stereocenters. The van der Waals surface area contributed by atoms with Crippen molar-refractivity contribution in [2.75, 3.05) is 37.8 Å². The summed E-state index contributed by atoms with van der Waals surface area (Å²) >= 11 is 0. The Labute approximate surface area is 139 Å². The van der Waals surface area contributed by atoms with Gasteiger partial charge in [-0.15, -0.1) is 0 Å². The molecule has 1 aliphatic rings. The van der Waals surface area contributed by atoms with Crippen molar-refractivity contribution in [3.05, 3.63) is 23.4 Å². The molecule has 6 nitrogen and oxygen atoms in total. The van der Waals surface area contributed by atoms with Crippen LogP contribution in [0, 0.1) is 12.8 Å². The van der Waals surface area contributed by atoms with E-state index in [0.29, 0.717) is 0 Å². The largest absolute Gasteiger partial charge is 0.416 e. The molecule has 0 saturated carbocycles. The van der Waals surface area contributed by atoms with Gasteiger partial charge in [-0.25, -0.2) is 17.7 Å². The number of sulfonamides is 1. The zero-order chi connectivity index (χ0) is 18.3. The number of aryl methyl sites for hydroxylation is 1. The number of aromatic nitrogens is 1. The number of aliphatic hydroxyl groups is 1. The fourth-order valence-electron chi connectivity index (χ4n) is 2.60. The Kier molecular flexibility index (Phi) is 5.12. The Morgan fingerprint density at radius 3 is 2.50 bits per heavy atom. The summed E-state index contributed by atoms with van der Waals surface area (Å²) in [6.07, 6.45) is -5.44. The average Bonchev–Trinajstić information content (AvgIpc) is 2.78. The van der Waals surface area contributed by atoms with E-state index >= 15 is 0 Å². The van der Waals surface area contributed by atoms with Gasteiger partial charge in [-0.2, -0.15) is 13.2 Å². The first kappa shape index (κ1) is 18.9. The molecule has 1 aliphatic heterocycles. The van der Waals surface area contributed by atoms with Gasteiger partial charge in [-0.1, -0.05) is 0 Å². The second-order valence-electron chi connectivity index (χ2n) is 6.15. The highest BCUT2D eigenvalue weighted by Crippen LogP contribution is 2.33. The lowest BCUT2D eigenvalue weighted by atomic mass is 10.1. The summed E-state index contributed by atoms with van der Waals surface area (Å²) < 4.78 is 63.7. The Morgan fingerprint density at radius 1 is 1.33 bits per heavy atom. The molecule has 24 heavy (non-hydrogen) atoms. The number of hydrogen-bond donors (Lipinski definition) is 1. The molecular formula is C14H20F3N3O3S. The van der Waals surface area contributed by atoms with Crippen LogP contribution >= 0.6 is 0 Å². The monoisotopic (exact) mass is 367 g/mol. The smallest absolute Gasteiger partial charge is 0.391 e. The molecule has 0 radical (unpaired) electrons. The summed E-state index contributed by atoms with van der Waals surface area (Å²) in [4.78, 5) is 5.57. The number of pyridine rings is 1. The van der Waals surface area contributed by atoms with Gasteiger partial charge in [0.1, 0.15) is 5.82 Å². The Hall–Kier alpha value is -1.39. The second kappa shape index (κ2) is 6.49. The predicted octanol–water partition coefficient (Wildman–Crippen LogP) is 1.10. The van der Waals surface area contributed by atoms with Gasteiger partial charge in [0.25, 0.3) is 0 Å². The lowest BCUT2D eigenvalue weighted by molar-refractivity contribution is -0.137. The molecule has 1 N–H and O–H groups in total. The molecule has 0 spiro atoms. The first-order chi connectivity index (χ1) is 10.9. The highest BCUT2D eigenvalue weighted by Gasteiger charge is 2.37. The molecule has 0 aromatic carbocycles. The van der Waals surface area contributed by atoms with Crippen molar-refractivity contribution in [2.45, 2.75) is 19.2 Å². The normalized spacial score (nSPS) is 22.4. The van der Waals surface area contributed by atoms with Crippen molar-refractivity contribution in [1.82, 2.24) is 9.29 Å². The molecule has 0 amide bonds. The summed E-state index contributed by atoms with van der Waals surface area (Å²) in [5.41, 5.74) is -0.609. The predicted molar refractivity (Wildman–Crippen MR) is 83.2 cm³/mol. The minimum Gasteiger partial charge on any atom is -0.391 e. The lowest BCUT2D eigenvalue weighted by Crippen LogP contribution is -2.33. The van der Waals surface area contributed by atoms with Crippen molar-refractivity contribution >= 4 is 15.8 Å². The zero-order valence-electron chi connectivity index (χ0n) is 13.6. The molecular weight excluding hydrogens is 347 g/mol. The third kappa shape index (κ3) is 4.17. The second-order valence-corrected chi connectivity index (χ2v) is 8.37. The maximum Gasteiger partial charge on any atom is 0.416 e. The number of anilines is 1. The van der Waals surface area contributed by atoms with Crippen LogP contribution in [0.25, 0.3) is 0 Å². The van der Waals surface area contributed by atoms with Crippen molar-refractivity contribution in [1.29, 1.82) is 0 Å². The third-order valence-corrected chi connectivity index (χ3v) is 5.94. The molecule has 1 aromatic rings. The van der Waals surface area contributed by atoms with E-state index in [1.54, 1.807) is 0 Å². The number of alkyl halides is 3. The van der Waals surface area contributed by atoms with Gasteiger partial charge in [0.15, 0.2) is 0 Å². The maximum absolute atomic E-state index is 12.9. The average molecular weight is 367 g/mol. The molecule has 1 aromatic heterocycles. The molecule has 10 heteroatoms. The molecule has 2 heterocycles. The first-order valence-electron chi connectivity index (χ1n) is 7.29. The minimum absolute atomic E-state index is 0.0430. The van der Waals surface area contributed by atoms with E-state index in [4.69, 9.17) is 0 Å². The number of hydrogen-bond acceptors (Lipinski definition) is 5. The molecule has 1 saturated heterocycles. The summed E-state index contributed by atoms with van der Waals surface area (Å²) in [7, 11) is -0.723. The Bertz CT molecular complexity index is 707. The van der Waals surface area contributed by atoms with Gasteiger partial charge in [-0.3, -0.25) is 0 Å². The van der Waals surface area contributed by atoms with E-state index in [9.17, 15) is 26.7 Å². The zero-order valence-corrected chi connectivity index (χ0v) is 14.4. The fraction of sp³-hybridized carbons (Fsp3) is 0.643. The van der Waals surface area contributed by atoms with Crippen LogP contribution < -0.4 is 4.90 Å². The van der Waals surface area contributed by atoms with E-state index in [1.165, 1.54) is 25.9 Å². The number of nitrogens with zero attached hydrogens (tertiary/aromatic N) is 3. The molecule has 0 aliphatic carbocycles. The van der Waals surface area contributed by atoms with E-state index in [2.05, 4.69) is 4.98 Å². The van der Waals surface area contributed by atoms with Crippen LogP contribution in [0.4, 0.5) is 19.0 Å². The topological polar surface area (TPSA) is 73.7 Å². The molecule has 0 unspecified atom stereocenters. The number of aliphatic hydroxyl groups excluding tert-OH is 1. The Balaban J connectivity index is 2.22. The van der Waals surface area contributed by atoms with Gasteiger partial charge < -0.3 is 10.0 Å². The van der Waals surface area contributed by atoms with E-state index in [1.807, 2.05) is 0 Å². The van der Waals surface area contributed by atoms with Gasteiger partial charge in [0.05, 0.1) is 17.4 Å². The highest BCUT2D eigenvalue weighted by atomic mass is 32.2. The maximum atomic E-state index is 12.9. The summed E-state index contributed by atoms with van der Waals surface area (Å²) in [5.74, 6) is -0.768. The first-order valence-corrected chi connectivity index (χ1v) is 8.90. The number of β-amino-alcohol motifs (C(OH)–C–C–N with tert-alkyl or cyclic N) is 1. The van der Waals surface area contributed by atoms with Crippen molar-refractivity contribution in [2.24, 2.45) is 5.92 Å². The lowest BCUT2D eigenvalue weighted by Gasteiger charge is -2.20. The van der Waals surface area contributed by atoms with Crippen LogP contribution in [0.2, 0.25) is 0 Å². The minimum atomic E-state index is -4.49. The van der Waals surface area contributed by atoms with Gasteiger partial charge >= 0.3 is 6.18 Å². The van der Waals surface area contributed by atoms with Gasteiger partial charge in [0, 0.05) is 38.8 Å². The van der Waals surface area contributed by atoms with E-state index < -0.39 is 33.8 Å². The van der Waals surface area contributed by atoms with Crippen molar-refractivity contribution in [3.8, 4) is 0 Å². The third-order valence-electron chi connectivity index (χ3n) is 3.98. The standard InChI is InChI=1S/C14H20F3N3O3S/c1-9-4-11(14(15,16)17)5-13(18-9)20-6-10(12(21)7-20)8-24(22,23)19(2)3/h4-5,10,12,21H,6-8H2,1-3H3/t10-,12+/m0/s1. The van der Waals surface area contributed by atoms with Gasteiger partial charge in [-0.05, 0) is 19.1 Å². The van der Waals surface area contributed by atoms with Gasteiger partial charge in [0.2, 0.25) is 10.0 Å². The fourth-order valence-corrected chi connectivity index (χ4v) is 3.77. The van der Waals surface area contributed by atoms with Crippen LogP contribution in [0.15, 0.2) is 12.1 Å². The van der Waals surface area contributed by atoms with Crippen molar-refractivity contribution < 1.29 is 26.7 Å². The van der Waals surface area contributed by atoms with Crippen molar-refractivity contribution in [3.63, 3.8) is 0 Å². The van der Waals surface area contributed by atoms with Crippen LogP contribution in [0.1, 0.15) is 11.3 Å². The van der Waals surface area contributed by atoms with E-state index in [0.717, 1.165) is 16.4 Å². The Morgan fingerprint density at radius 2 is 1.96 bits per heavy atom. The van der Waals surface area contributed by atoms with Crippen LogP contribution in [-0.2, 0) is 16.2 Å². The highest BCUT2D eigenvalue weighted by molar-refractivity contribution is 7.89. The van der Waals surface area contributed by atoms with Crippen LogP contribution in [0.3, 0.4) is 0 Å². The summed E-state index contributed by atoms with van der Waals surface area (Å²) in [6.45, 7) is 1.63. The van der Waals surface area contributed by atoms with E-state index in [-0.39, 0.29) is 30.4 Å². The molecule has 1 fully saturated rings. The molecule has 136 valence electrons. The number of halogens is 3. The molecule has 0 bridgehead atoms. The summed E-state index contributed by atoms with van der Waals surface area (Å²) in [5, 5.41) is 10.1. The summed E-state index contributed by atoms with van der Waals surface area (Å²) in [6, 6.07) is 1.87. The van der Waals surface area contributed by atoms with Crippen LogP contribution in [-0.4, -0.2) is 61.9 Å². The van der Waals surface area contributed by atoms with Crippen LogP contribution in [0.5, 0.6) is 0 Å². The SMILES string of the molecule is Cc1cc(C(F)(F)F)cc(N2C[C@@H](CS(=O)(=O)N(C)C)[C@H](O)C2)n1. The number of rotatable bonds is 4. The quantitative estimate of drug-likeness (QED) is 0.863.